The largest absolute Gasteiger partial charge is 0.316 e. The molecule has 0 bridgehead atoms. The van der Waals surface area contributed by atoms with Gasteiger partial charge in [-0.2, -0.15) is 0 Å². The number of benzene rings is 1. The maximum absolute atomic E-state index is 3.55. The van der Waals surface area contributed by atoms with E-state index in [9.17, 15) is 0 Å². The van der Waals surface area contributed by atoms with Crippen molar-refractivity contribution in [2.24, 2.45) is 0 Å². The van der Waals surface area contributed by atoms with E-state index in [-0.39, 0.29) is 0 Å². The van der Waals surface area contributed by atoms with Gasteiger partial charge in [0.05, 0.1) is 0 Å². The fourth-order valence-electron chi connectivity index (χ4n) is 3.54. The van der Waals surface area contributed by atoms with Gasteiger partial charge in [-0.1, -0.05) is 25.3 Å². The molecule has 1 aromatic rings. The molecule has 3 rings (SSSR count). The Bertz CT molecular complexity index is 429. The van der Waals surface area contributed by atoms with E-state index in [0.29, 0.717) is 6.04 Å². The minimum Gasteiger partial charge on any atom is -0.316 e. The molecule has 0 spiro atoms. The minimum atomic E-state index is 0.695. The molecule has 0 radical (unpaired) electrons. The smallest absolute Gasteiger partial charge is 0.0248 e. The van der Waals surface area contributed by atoms with Gasteiger partial charge in [-0.15, -0.1) is 11.8 Å². The highest BCUT2D eigenvalue weighted by Crippen LogP contribution is 2.35. The van der Waals surface area contributed by atoms with Gasteiger partial charge >= 0.3 is 0 Å². The van der Waals surface area contributed by atoms with E-state index in [1.54, 1.807) is 11.1 Å². The summed E-state index contributed by atoms with van der Waals surface area (Å²) in [5.74, 6) is 0. The third-order valence-corrected chi connectivity index (χ3v) is 6.07. The molecule has 2 unspecified atom stereocenters. The zero-order chi connectivity index (χ0) is 13.1. The standard InChI is InChI=1S/C17H25NS/c1-18-16-8-3-2-4-9-17(16)19-15-11-10-13-6-5-7-14(13)12-15/h10-12,16-18H,2-9H2,1H3. The van der Waals surface area contributed by atoms with Gasteiger partial charge in [-0.3, -0.25) is 0 Å². The summed E-state index contributed by atoms with van der Waals surface area (Å²) in [4.78, 5) is 1.49. The van der Waals surface area contributed by atoms with Crippen LogP contribution in [0.1, 0.15) is 49.7 Å². The van der Waals surface area contributed by atoms with Gasteiger partial charge in [-0.25, -0.2) is 0 Å². The lowest BCUT2D eigenvalue weighted by molar-refractivity contribution is 0.510. The molecule has 1 N–H and O–H groups in total. The van der Waals surface area contributed by atoms with Crippen LogP contribution in [0.2, 0.25) is 0 Å². The molecule has 1 aromatic carbocycles. The predicted molar refractivity (Wildman–Crippen MR) is 84.0 cm³/mol. The van der Waals surface area contributed by atoms with Gasteiger partial charge in [0, 0.05) is 16.2 Å². The van der Waals surface area contributed by atoms with Crippen LogP contribution in [0.15, 0.2) is 23.1 Å². The van der Waals surface area contributed by atoms with E-state index in [2.05, 4.69) is 42.3 Å². The van der Waals surface area contributed by atoms with Crippen molar-refractivity contribution in [3.8, 4) is 0 Å². The average molecular weight is 275 g/mol. The lowest BCUT2D eigenvalue weighted by Gasteiger charge is -2.24. The zero-order valence-electron chi connectivity index (χ0n) is 12.0. The number of fused-ring (bicyclic) bond motifs is 1. The Kier molecular flexibility index (Phi) is 4.49. The summed E-state index contributed by atoms with van der Waals surface area (Å²) >= 11 is 2.11. The van der Waals surface area contributed by atoms with Gasteiger partial charge in [0.25, 0.3) is 0 Å². The highest BCUT2D eigenvalue weighted by Gasteiger charge is 2.23. The second kappa shape index (κ2) is 6.32. The van der Waals surface area contributed by atoms with Crippen molar-refractivity contribution in [3.05, 3.63) is 29.3 Å². The first-order chi connectivity index (χ1) is 9.36. The Morgan fingerprint density at radius 3 is 2.74 bits per heavy atom. The molecule has 1 fully saturated rings. The first-order valence-corrected chi connectivity index (χ1v) is 8.70. The maximum atomic E-state index is 3.55. The molecule has 19 heavy (non-hydrogen) atoms. The summed E-state index contributed by atoms with van der Waals surface area (Å²) in [6, 6.07) is 7.88. The van der Waals surface area contributed by atoms with Crippen LogP contribution in [0.3, 0.4) is 0 Å². The van der Waals surface area contributed by atoms with Crippen LogP contribution in [-0.2, 0) is 12.8 Å². The third kappa shape index (κ3) is 3.17. The Morgan fingerprint density at radius 1 is 1.00 bits per heavy atom. The molecule has 0 amide bonds. The number of thioether (sulfide) groups is 1. The number of nitrogens with one attached hydrogen (secondary N) is 1. The quantitative estimate of drug-likeness (QED) is 0.830. The SMILES string of the molecule is CNC1CCCCCC1Sc1ccc2c(c1)CCC2. The van der Waals surface area contributed by atoms with Gasteiger partial charge in [0.1, 0.15) is 0 Å². The maximum Gasteiger partial charge on any atom is 0.0248 e. The van der Waals surface area contributed by atoms with E-state index >= 15 is 0 Å². The Hall–Kier alpha value is -0.470. The molecule has 2 heteroatoms. The summed E-state index contributed by atoms with van der Waals surface area (Å²) in [7, 11) is 2.13. The number of hydrogen-bond donors (Lipinski definition) is 1. The Morgan fingerprint density at radius 2 is 1.84 bits per heavy atom. The lowest BCUT2D eigenvalue weighted by atomic mass is 10.1. The minimum absolute atomic E-state index is 0.695. The van der Waals surface area contributed by atoms with E-state index in [4.69, 9.17) is 0 Å². The second-order valence-electron chi connectivity index (χ2n) is 5.97. The van der Waals surface area contributed by atoms with Crippen LogP contribution in [0.25, 0.3) is 0 Å². The van der Waals surface area contributed by atoms with Crippen molar-refractivity contribution in [2.45, 2.75) is 67.6 Å². The molecule has 2 aliphatic rings. The molecule has 1 saturated carbocycles. The number of aryl methyl sites for hydroxylation is 2. The molecule has 104 valence electrons. The molecule has 0 saturated heterocycles. The van der Waals surface area contributed by atoms with Crippen LogP contribution in [0.5, 0.6) is 0 Å². The van der Waals surface area contributed by atoms with E-state index < -0.39 is 0 Å². The molecule has 1 nitrogen and oxygen atoms in total. The molecular weight excluding hydrogens is 250 g/mol. The fourth-order valence-corrected chi connectivity index (χ4v) is 4.97. The van der Waals surface area contributed by atoms with Crippen LogP contribution >= 0.6 is 11.8 Å². The highest BCUT2D eigenvalue weighted by atomic mass is 32.2. The molecule has 2 atom stereocenters. The van der Waals surface area contributed by atoms with Crippen molar-refractivity contribution in [2.75, 3.05) is 7.05 Å². The van der Waals surface area contributed by atoms with Crippen molar-refractivity contribution >= 4 is 11.8 Å². The van der Waals surface area contributed by atoms with Crippen molar-refractivity contribution in [3.63, 3.8) is 0 Å². The molecule has 0 heterocycles. The monoisotopic (exact) mass is 275 g/mol. The second-order valence-corrected chi connectivity index (χ2v) is 7.29. The Balaban J connectivity index is 1.72. The van der Waals surface area contributed by atoms with Crippen LogP contribution in [0.4, 0.5) is 0 Å². The number of rotatable bonds is 3. The van der Waals surface area contributed by atoms with Crippen molar-refractivity contribution < 1.29 is 0 Å². The van der Waals surface area contributed by atoms with E-state index in [0.717, 1.165) is 5.25 Å². The van der Waals surface area contributed by atoms with Crippen molar-refractivity contribution in [1.82, 2.24) is 5.32 Å². The lowest BCUT2D eigenvalue weighted by Crippen LogP contribution is -2.34. The van der Waals surface area contributed by atoms with Gasteiger partial charge in [0.2, 0.25) is 0 Å². The number of hydrogen-bond acceptors (Lipinski definition) is 2. The van der Waals surface area contributed by atoms with E-state index in [1.807, 2.05) is 0 Å². The first kappa shape index (κ1) is 13.5. The predicted octanol–water partition coefficient (Wildman–Crippen LogP) is 4.19. The topological polar surface area (TPSA) is 12.0 Å². The van der Waals surface area contributed by atoms with Gasteiger partial charge in [-0.05, 0) is 62.4 Å². The molecule has 2 aliphatic carbocycles. The van der Waals surface area contributed by atoms with Crippen molar-refractivity contribution in [1.29, 1.82) is 0 Å². The summed E-state index contributed by atoms with van der Waals surface area (Å²) in [6.45, 7) is 0. The zero-order valence-corrected chi connectivity index (χ0v) is 12.8. The summed E-state index contributed by atoms with van der Waals surface area (Å²) in [5.41, 5.74) is 3.20. The van der Waals surface area contributed by atoms with Gasteiger partial charge in [0.15, 0.2) is 0 Å². The van der Waals surface area contributed by atoms with Gasteiger partial charge < -0.3 is 5.32 Å². The molecular formula is C17H25NS. The summed E-state index contributed by atoms with van der Waals surface area (Å²) in [5, 5.41) is 4.30. The fraction of sp³-hybridized carbons (Fsp3) is 0.647. The first-order valence-electron chi connectivity index (χ1n) is 7.82. The molecule has 0 aromatic heterocycles. The molecule has 0 aliphatic heterocycles. The average Bonchev–Trinajstić information content (AvgIpc) is 2.78. The summed E-state index contributed by atoms with van der Waals surface area (Å²) < 4.78 is 0. The van der Waals surface area contributed by atoms with Crippen LogP contribution < -0.4 is 5.32 Å². The van der Waals surface area contributed by atoms with E-state index in [1.165, 1.54) is 56.3 Å². The highest BCUT2D eigenvalue weighted by molar-refractivity contribution is 8.00. The Labute approximate surface area is 121 Å². The normalized spacial score (nSPS) is 27.0. The summed E-state index contributed by atoms with van der Waals surface area (Å²) in [6.07, 6.45) is 10.9. The van der Waals surface area contributed by atoms with Crippen LogP contribution in [0, 0.1) is 0 Å². The van der Waals surface area contributed by atoms with Crippen LogP contribution in [-0.4, -0.2) is 18.3 Å². The third-order valence-electron chi connectivity index (χ3n) is 4.68.